The van der Waals surface area contributed by atoms with Crippen LogP contribution in [0.2, 0.25) is 0 Å². The lowest BCUT2D eigenvalue weighted by Crippen LogP contribution is -2.27. The van der Waals surface area contributed by atoms with Crippen molar-refractivity contribution < 1.29 is 19.8 Å². The van der Waals surface area contributed by atoms with Crippen LogP contribution in [0, 0.1) is 0 Å². The van der Waals surface area contributed by atoms with E-state index in [-0.39, 0.29) is 12.0 Å². The van der Waals surface area contributed by atoms with Gasteiger partial charge in [-0.2, -0.15) is 0 Å². The van der Waals surface area contributed by atoms with Crippen molar-refractivity contribution in [2.24, 2.45) is 0 Å². The Balaban J connectivity index is 2.63. The zero-order chi connectivity index (χ0) is 16.4. The van der Waals surface area contributed by atoms with Crippen molar-refractivity contribution in [3.8, 4) is 0 Å². The number of aromatic carboxylic acids is 1. The summed E-state index contributed by atoms with van der Waals surface area (Å²) in [5.41, 5.74) is 1.12. The Morgan fingerprint density at radius 1 is 0.955 bits per heavy atom. The van der Waals surface area contributed by atoms with Crippen LogP contribution in [0.5, 0.6) is 0 Å². The summed E-state index contributed by atoms with van der Waals surface area (Å²) in [6.07, 6.45) is 5.84. The van der Waals surface area contributed by atoms with Gasteiger partial charge in [0, 0.05) is 18.8 Å². The number of carbonyl (C=O) groups is 2. The van der Waals surface area contributed by atoms with Gasteiger partial charge in [-0.25, -0.2) is 4.79 Å². The summed E-state index contributed by atoms with van der Waals surface area (Å²) in [5, 5.41) is 17.8. The minimum absolute atomic E-state index is 0.0790. The number of carboxylic acids is 2. The number of aliphatic carboxylic acids is 1. The third-order valence-electron chi connectivity index (χ3n) is 3.61. The molecule has 0 spiro atoms. The standard InChI is InChI=1S/C17H25NO4/c1-2-3-4-5-6-12-18(13-11-16(19)20)15-9-7-14(8-10-15)17(21)22/h7-10H,2-6,11-13H2,1H3,(H,19,20)(H,21,22). The molecule has 0 heterocycles. The molecule has 0 aliphatic rings. The third kappa shape index (κ3) is 6.61. The summed E-state index contributed by atoms with van der Waals surface area (Å²) in [6, 6.07) is 6.61. The van der Waals surface area contributed by atoms with Crippen molar-refractivity contribution in [3.63, 3.8) is 0 Å². The fourth-order valence-corrected chi connectivity index (χ4v) is 2.32. The molecular weight excluding hydrogens is 282 g/mol. The number of rotatable bonds is 11. The number of hydrogen-bond acceptors (Lipinski definition) is 3. The maximum Gasteiger partial charge on any atom is 0.335 e. The maximum atomic E-state index is 10.9. The van der Waals surface area contributed by atoms with Crippen molar-refractivity contribution in [1.29, 1.82) is 0 Å². The molecule has 1 aromatic carbocycles. The summed E-state index contributed by atoms with van der Waals surface area (Å²) >= 11 is 0. The average Bonchev–Trinajstić information content (AvgIpc) is 2.50. The number of unbranched alkanes of at least 4 members (excludes halogenated alkanes) is 4. The Morgan fingerprint density at radius 2 is 1.59 bits per heavy atom. The summed E-state index contributed by atoms with van der Waals surface area (Å²) in [7, 11) is 0. The highest BCUT2D eigenvalue weighted by molar-refractivity contribution is 5.88. The Kier molecular flexibility index (Phi) is 8.04. The van der Waals surface area contributed by atoms with Gasteiger partial charge < -0.3 is 15.1 Å². The van der Waals surface area contributed by atoms with Gasteiger partial charge in [0.2, 0.25) is 0 Å². The Morgan fingerprint density at radius 3 is 2.14 bits per heavy atom. The molecule has 0 saturated carbocycles. The summed E-state index contributed by atoms with van der Waals surface area (Å²) in [4.78, 5) is 23.7. The monoisotopic (exact) mass is 307 g/mol. The highest BCUT2D eigenvalue weighted by Gasteiger charge is 2.10. The molecule has 1 rings (SSSR count). The van der Waals surface area contributed by atoms with Crippen LogP contribution in [0.1, 0.15) is 55.8 Å². The van der Waals surface area contributed by atoms with E-state index >= 15 is 0 Å². The van der Waals surface area contributed by atoms with E-state index in [1.165, 1.54) is 19.3 Å². The molecule has 0 aromatic heterocycles. The van der Waals surface area contributed by atoms with E-state index in [0.717, 1.165) is 25.1 Å². The lowest BCUT2D eigenvalue weighted by molar-refractivity contribution is -0.136. The summed E-state index contributed by atoms with van der Waals surface area (Å²) < 4.78 is 0. The molecule has 1 aromatic rings. The van der Waals surface area contributed by atoms with Crippen LogP contribution >= 0.6 is 0 Å². The van der Waals surface area contributed by atoms with E-state index in [0.29, 0.717) is 6.54 Å². The second kappa shape index (κ2) is 9.82. The molecular formula is C17H25NO4. The van der Waals surface area contributed by atoms with Crippen LogP contribution < -0.4 is 4.90 Å². The number of benzene rings is 1. The van der Waals surface area contributed by atoms with E-state index in [4.69, 9.17) is 10.2 Å². The zero-order valence-electron chi connectivity index (χ0n) is 13.1. The van der Waals surface area contributed by atoms with Gasteiger partial charge in [0.1, 0.15) is 0 Å². The van der Waals surface area contributed by atoms with Gasteiger partial charge in [-0.1, -0.05) is 32.6 Å². The molecule has 0 bridgehead atoms. The number of anilines is 1. The highest BCUT2D eigenvalue weighted by Crippen LogP contribution is 2.17. The van der Waals surface area contributed by atoms with Gasteiger partial charge in [0.25, 0.3) is 0 Å². The van der Waals surface area contributed by atoms with Crippen LogP contribution in [0.15, 0.2) is 24.3 Å². The number of carboxylic acid groups (broad SMARTS) is 2. The van der Waals surface area contributed by atoms with Crippen LogP contribution in [0.4, 0.5) is 5.69 Å². The SMILES string of the molecule is CCCCCCCN(CCC(=O)O)c1ccc(C(=O)O)cc1. The molecule has 5 heteroatoms. The second-order valence-electron chi connectivity index (χ2n) is 5.40. The third-order valence-corrected chi connectivity index (χ3v) is 3.61. The van der Waals surface area contributed by atoms with E-state index in [9.17, 15) is 9.59 Å². The summed E-state index contributed by atoms with van der Waals surface area (Å²) in [6.45, 7) is 3.40. The largest absolute Gasteiger partial charge is 0.481 e. The average molecular weight is 307 g/mol. The molecule has 5 nitrogen and oxygen atoms in total. The minimum atomic E-state index is -0.955. The first kappa shape index (κ1) is 18.0. The quantitative estimate of drug-likeness (QED) is 0.610. The van der Waals surface area contributed by atoms with Crippen LogP contribution in [0.3, 0.4) is 0 Å². The Labute approximate surface area is 131 Å². The number of nitrogens with zero attached hydrogens (tertiary/aromatic N) is 1. The molecule has 0 atom stereocenters. The fourth-order valence-electron chi connectivity index (χ4n) is 2.32. The van der Waals surface area contributed by atoms with E-state index in [2.05, 4.69) is 6.92 Å². The Bertz CT molecular complexity index is 470. The summed E-state index contributed by atoms with van der Waals surface area (Å²) in [5.74, 6) is -1.78. The maximum absolute atomic E-state index is 10.9. The van der Waals surface area contributed by atoms with E-state index in [1.807, 2.05) is 4.90 Å². The Hall–Kier alpha value is -2.04. The van der Waals surface area contributed by atoms with Gasteiger partial charge >= 0.3 is 11.9 Å². The highest BCUT2D eigenvalue weighted by atomic mass is 16.4. The molecule has 122 valence electrons. The normalized spacial score (nSPS) is 10.4. The molecule has 0 aliphatic heterocycles. The molecule has 22 heavy (non-hydrogen) atoms. The topological polar surface area (TPSA) is 77.8 Å². The first-order valence-electron chi connectivity index (χ1n) is 7.84. The van der Waals surface area contributed by atoms with Crippen molar-refractivity contribution in [1.82, 2.24) is 0 Å². The lowest BCUT2D eigenvalue weighted by atomic mass is 10.1. The predicted octanol–water partition coefficient (Wildman–Crippen LogP) is 3.64. The van der Waals surface area contributed by atoms with Gasteiger partial charge in [0.15, 0.2) is 0 Å². The van der Waals surface area contributed by atoms with E-state index < -0.39 is 11.9 Å². The van der Waals surface area contributed by atoms with Gasteiger partial charge in [-0.05, 0) is 30.7 Å². The van der Waals surface area contributed by atoms with Crippen molar-refractivity contribution in [2.75, 3.05) is 18.0 Å². The molecule has 0 radical (unpaired) electrons. The van der Waals surface area contributed by atoms with Crippen molar-refractivity contribution in [3.05, 3.63) is 29.8 Å². The van der Waals surface area contributed by atoms with Crippen LogP contribution in [0.25, 0.3) is 0 Å². The van der Waals surface area contributed by atoms with Crippen LogP contribution in [-0.4, -0.2) is 35.2 Å². The molecule has 0 saturated heterocycles. The van der Waals surface area contributed by atoms with Gasteiger partial charge in [-0.3, -0.25) is 4.79 Å². The first-order valence-corrected chi connectivity index (χ1v) is 7.84. The van der Waals surface area contributed by atoms with Gasteiger partial charge in [-0.15, -0.1) is 0 Å². The zero-order valence-corrected chi connectivity index (χ0v) is 13.1. The molecule has 2 N–H and O–H groups in total. The second-order valence-corrected chi connectivity index (χ2v) is 5.40. The minimum Gasteiger partial charge on any atom is -0.481 e. The lowest BCUT2D eigenvalue weighted by Gasteiger charge is -2.24. The van der Waals surface area contributed by atoms with E-state index in [1.54, 1.807) is 24.3 Å². The molecule has 0 unspecified atom stereocenters. The fraction of sp³-hybridized carbons (Fsp3) is 0.529. The first-order chi connectivity index (χ1) is 10.5. The van der Waals surface area contributed by atoms with Crippen LogP contribution in [-0.2, 0) is 4.79 Å². The molecule has 0 aliphatic carbocycles. The molecule has 0 fully saturated rings. The van der Waals surface area contributed by atoms with Gasteiger partial charge in [0.05, 0.1) is 12.0 Å². The smallest absolute Gasteiger partial charge is 0.335 e. The molecule has 0 amide bonds. The van der Waals surface area contributed by atoms with Crippen molar-refractivity contribution in [2.45, 2.75) is 45.4 Å². The number of hydrogen-bond donors (Lipinski definition) is 2. The predicted molar refractivity (Wildman–Crippen MR) is 86.6 cm³/mol. The van der Waals surface area contributed by atoms with Crippen molar-refractivity contribution >= 4 is 17.6 Å².